The molecule has 0 bridgehead atoms. The van der Waals surface area contributed by atoms with E-state index in [0.717, 1.165) is 0 Å². The molecule has 0 saturated carbocycles. The Kier molecular flexibility index (Phi) is 3.72. The Hall–Kier alpha value is -1.02. The Morgan fingerprint density at radius 2 is 2.35 bits per heavy atom. The molecule has 0 unspecified atom stereocenters. The van der Waals surface area contributed by atoms with E-state index in [2.05, 4.69) is 15.0 Å². The first-order valence-electron chi connectivity index (χ1n) is 5.29. The summed E-state index contributed by atoms with van der Waals surface area (Å²) in [5.41, 5.74) is 0. The lowest BCUT2D eigenvalue weighted by Gasteiger charge is -2.18. The molecule has 94 valence electrons. The van der Waals surface area contributed by atoms with Crippen LogP contribution in [0.1, 0.15) is 0 Å². The van der Waals surface area contributed by atoms with Crippen LogP contribution in [0.2, 0.25) is 0 Å². The van der Waals surface area contributed by atoms with Crippen molar-refractivity contribution in [2.75, 3.05) is 20.2 Å². The summed E-state index contributed by atoms with van der Waals surface area (Å²) in [6.07, 6.45) is 2.72. The van der Waals surface area contributed by atoms with E-state index in [1.54, 1.807) is 13.2 Å². The molecular weight excluding hydrogens is 242 g/mol. The summed E-state index contributed by atoms with van der Waals surface area (Å²) in [7, 11) is -1.95. The van der Waals surface area contributed by atoms with Crippen LogP contribution in [0.15, 0.2) is 29.4 Å². The molecule has 1 fully saturated rings. The predicted molar refractivity (Wildman–Crippen MR) is 62.0 cm³/mol. The molecule has 2 N–H and O–H groups in total. The van der Waals surface area contributed by atoms with Gasteiger partial charge in [-0.1, -0.05) is 0 Å². The number of nitrogens with zero attached hydrogens (tertiary/aromatic N) is 1. The van der Waals surface area contributed by atoms with Gasteiger partial charge in [0.25, 0.3) is 0 Å². The normalized spacial score (nSPS) is 25.0. The fourth-order valence-electron chi connectivity index (χ4n) is 1.79. The zero-order valence-corrected chi connectivity index (χ0v) is 10.3. The molecule has 2 rings (SSSR count). The lowest BCUT2D eigenvalue weighted by atomic mass is 10.2. The monoisotopic (exact) mass is 257 g/mol. The number of hydrogen-bond donors (Lipinski definition) is 2. The predicted octanol–water partition coefficient (Wildman–Crippen LogP) is -0.653. The van der Waals surface area contributed by atoms with Crippen LogP contribution in [0.5, 0.6) is 0 Å². The second-order valence-electron chi connectivity index (χ2n) is 3.85. The van der Waals surface area contributed by atoms with E-state index < -0.39 is 10.0 Å². The average molecular weight is 257 g/mol. The maximum atomic E-state index is 12.0. The van der Waals surface area contributed by atoms with Gasteiger partial charge in [0.05, 0.1) is 12.1 Å². The molecule has 0 amide bonds. The van der Waals surface area contributed by atoms with Crippen molar-refractivity contribution in [3.8, 4) is 0 Å². The van der Waals surface area contributed by atoms with E-state index in [1.807, 2.05) is 0 Å². The number of pyridine rings is 1. The van der Waals surface area contributed by atoms with Crippen molar-refractivity contribution in [3.63, 3.8) is 0 Å². The van der Waals surface area contributed by atoms with Crippen molar-refractivity contribution < 1.29 is 13.2 Å². The van der Waals surface area contributed by atoms with Gasteiger partial charge in [0.2, 0.25) is 10.0 Å². The van der Waals surface area contributed by atoms with Gasteiger partial charge in [0.15, 0.2) is 0 Å². The third-order valence-electron chi connectivity index (χ3n) is 2.71. The van der Waals surface area contributed by atoms with E-state index in [0.29, 0.717) is 13.1 Å². The van der Waals surface area contributed by atoms with Crippen LogP contribution >= 0.6 is 0 Å². The molecule has 0 aliphatic carbocycles. The second kappa shape index (κ2) is 5.09. The van der Waals surface area contributed by atoms with Crippen molar-refractivity contribution >= 4 is 10.0 Å². The Labute approximate surface area is 100 Å². The summed E-state index contributed by atoms with van der Waals surface area (Å²) in [6.45, 7) is 1.22. The second-order valence-corrected chi connectivity index (χ2v) is 5.56. The van der Waals surface area contributed by atoms with Gasteiger partial charge in [-0.3, -0.25) is 4.98 Å². The molecule has 1 aromatic heterocycles. The number of methoxy groups -OCH3 is 1. The van der Waals surface area contributed by atoms with Gasteiger partial charge >= 0.3 is 0 Å². The molecule has 1 aliphatic rings. The molecule has 1 aliphatic heterocycles. The minimum atomic E-state index is -3.52. The summed E-state index contributed by atoms with van der Waals surface area (Å²) in [5, 5.41) is 3.08. The van der Waals surface area contributed by atoms with Crippen molar-refractivity contribution in [1.82, 2.24) is 15.0 Å². The minimum absolute atomic E-state index is 0.138. The van der Waals surface area contributed by atoms with E-state index in [-0.39, 0.29) is 17.0 Å². The highest BCUT2D eigenvalue weighted by atomic mass is 32.2. The van der Waals surface area contributed by atoms with E-state index in [1.165, 1.54) is 18.5 Å². The maximum absolute atomic E-state index is 12.0. The Morgan fingerprint density at radius 1 is 1.53 bits per heavy atom. The molecule has 1 saturated heterocycles. The van der Waals surface area contributed by atoms with Gasteiger partial charge in [0.1, 0.15) is 4.90 Å². The van der Waals surface area contributed by atoms with Gasteiger partial charge in [-0.15, -0.1) is 0 Å². The highest BCUT2D eigenvalue weighted by molar-refractivity contribution is 7.89. The highest BCUT2D eigenvalue weighted by Crippen LogP contribution is 2.10. The summed E-state index contributed by atoms with van der Waals surface area (Å²) in [5.74, 6) is 0. The number of sulfonamides is 1. The van der Waals surface area contributed by atoms with Crippen LogP contribution in [0.4, 0.5) is 0 Å². The van der Waals surface area contributed by atoms with Crippen molar-refractivity contribution in [2.45, 2.75) is 17.0 Å². The fourth-order valence-corrected chi connectivity index (χ4v) is 3.02. The first-order chi connectivity index (χ1) is 8.13. The lowest BCUT2D eigenvalue weighted by Crippen LogP contribution is -2.43. The smallest absolute Gasteiger partial charge is 0.242 e. The summed E-state index contributed by atoms with van der Waals surface area (Å²) in [4.78, 5) is 3.97. The number of rotatable bonds is 4. The van der Waals surface area contributed by atoms with E-state index >= 15 is 0 Å². The molecule has 0 spiro atoms. The van der Waals surface area contributed by atoms with Gasteiger partial charge in [-0.2, -0.15) is 0 Å². The first-order valence-corrected chi connectivity index (χ1v) is 6.77. The molecule has 0 aromatic carbocycles. The largest absolute Gasteiger partial charge is 0.378 e. The van der Waals surface area contributed by atoms with Crippen molar-refractivity contribution in [2.24, 2.45) is 0 Å². The van der Waals surface area contributed by atoms with Gasteiger partial charge < -0.3 is 10.1 Å². The van der Waals surface area contributed by atoms with E-state index in [9.17, 15) is 8.42 Å². The third kappa shape index (κ3) is 2.81. The highest BCUT2D eigenvalue weighted by Gasteiger charge is 2.31. The zero-order chi connectivity index (χ0) is 12.3. The number of ether oxygens (including phenoxy) is 1. The van der Waals surface area contributed by atoms with Gasteiger partial charge in [-0.05, 0) is 12.1 Å². The molecule has 1 aromatic rings. The lowest BCUT2D eigenvalue weighted by molar-refractivity contribution is 0.103. The van der Waals surface area contributed by atoms with Crippen molar-refractivity contribution in [3.05, 3.63) is 24.5 Å². The van der Waals surface area contributed by atoms with Gasteiger partial charge in [-0.25, -0.2) is 13.1 Å². The molecule has 2 heterocycles. The number of hydrogen-bond acceptors (Lipinski definition) is 5. The van der Waals surface area contributed by atoms with Gasteiger partial charge in [0, 0.05) is 32.6 Å². The Morgan fingerprint density at radius 3 is 3.00 bits per heavy atom. The molecule has 17 heavy (non-hydrogen) atoms. The Balaban J connectivity index is 2.13. The quantitative estimate of drug-likeness (QED) is 0.749. The first kappa shape index (κ1) is 12.4. The topological polar surface area (TPSA) is 80.3 Å². The number of nitrogens with one attached hydrogen (secondary N) is 2. The van der Waals surface area contributed by atoms with Crippen LogP contribution in [0.25, 0.3) is 0 Å². The fraction of sp³-hybridized carbons (Fsp3) is 0.500. The maximum Gasteiger partial charge on any atom is 0.242 e. The molecular formula is C10H15N3O3S. The molecule has 2 atom stereocenters. The van der Waals surface area contributed by atoms with Crippen LogP contribution in [-0.2, 0) is 14.8 Å². The van der Waals surface area contributed by atoms with Crippen LogP contribution in [0.3, 0.4) is 0 Å². The minimum Gasteiger partial charge on any atom is -0.378 e. The number of aromatic nitrogens is 1. The third-order valence-corrected chi connectivity index (χ3v) is 4.19. The molecule has 0 radical (unpaired) electrons. The van der Waals surface area contributed by atoms with E-state index in [4.69, 9.17) is 4.74 Å². The zero-order valence-electron chi connectivity index (χ0n) is 9.46. The van der Waals surface area contributed by atoms with Crippen LogP contribution in [0, 0.1) is 0 Å². The summed E-state index contributed by atoms with van der Waals surface area (Å²) >= 11 is 0. The Bertz CT molecular complexity index is 463. The molecule has 7 heteroatoms. The SMILES string of the molecule is CO[C@H]1CNC[C@@H]1NS(=O)(=O)c1cccnc1. The average Bonchev–Trinajstić information content (AvgIpc) is 2.77. The van der Waals surface area contributed by atoms with Crippen molar-refractivity contribution in [1.29, 1.82) is 0 Å². The molecule has 6 nitrogen and oxygen atoms in total. The van der Waals surface area contributed by atoms with Crippen LogP contribution in [-0.4, -0.2) is 45.7 Å². The standard InChI is InChI=1S/C10H15N3O3S/c1-16-10-7-12-6-9(10)13-17(14,15)8-3-2-4-11-5-8/h2-5,9-10,12-13H,6-7H2,1H3/t9-,10-/m0/s1. The summed E-state index contributed by atoms with van der Waals surface area (Å²) in [6, 6.07) is 2.86. The summed E-state index contributed by atoms with van der Waals surface area (Å²) < 4.78 is 31.8. The van der Waals surface area contributed by atoms with Crippen LogP contribution < -0.4 is 10.0 Å².